The lowest BCUT2D eigenvalue weighted by molar-refractivity contribution is 0.0428. The second-order valence-electron chi connectivity index (χ2n) is 7.49. The third-order valence-corrected chi connectivity index (χ3v) is 5.05. The lowest BCUT2D eigenvalue weighted by Crippen LogP contribution is -2.42. The summed E-state index contributed by atoms with van der Waals surface area (Å²) < 4.78 is 19.7. The second-order valence-corrected chi connectivity index (χ2v) is 7.49. The number of nitrogens with zero attached hydrogens (tertiary/aromatic N) is 1. The number of aryl methyl sites for hydroxylation is 1. The van der Waals surface area contributed by atoms with Gasteiger partial charge in [-0.2, -0.15) is 0 Å². The van der Waals surface area contributed by atoms with Crippen molar-refractivity contribution in [3.8, 4) is 0 Å². The zero-order valence-electron chi connectivity index (χ0n) is 16.2. The number of halogens is 1. The number of hydrogen-bond acceptors (Lipinski definition) is 3. The average molecular weight is 373 g/mol. The molecule has 0 bridgehead atoms. The summed E-state index contributed by atoms with van der Waals surface area (Å²) in [5, 5.41) is 17.2. The Labute approximate surface area is 159 Å². The molecule has 5 nitrogen and oxygen atoms in total. The summed E-state index contributed by atoms with van der Waals surface area (Å²) in [6.07, 6.45) is 1.90. The molecule has 3 rings (SSSR count). The van der Waals surface area contributed by atoms with E-state index in [1.165, 1.54) is 6.07 Å². The van der Waals surface area contributed by atoms with E-state index in [1.54, 1.807) is 19.1 Å². The molecule has 1 heterocycles. The molecule has 0 radical (unpaired) electrons. The van der Waals surface area contributed by atoms with E-state index in [2.05, 4.69) is 15.6 Å². The topological polar surface area (TPSA) is 69.8 Å². The fourth-order valence-corrected chi connectivity index (χ4v) is 3.21. The number of rotatable bonds is 7. The first-order valence-corrected chi connectivity index (χ1v) is 9.43. The van der Waals surface area contributed by atoms with E-state index in [9.17, 15) is 9.50 Å². The van der Waals surface area contributed by atoms with Crippen molar-refractivity contribution in [3.63, 3.8) is 0 Å². The Bertz CT molecular complexity index is 809. The van der Waals surface area contributed by atoms with Gasteiger partial charge in [-0.25, -0.2) is 9.38 Å². The summed E-state index contributed by atoms with van der Waals surface area (Å²) >= 11 is 0. The summed E-state index contributed by atoms with van der Waals surface area (Å²) in [6, 6.07) is 10.5. The molecule has 0 amide bonds. The minimum Gasteiger partial charge on any atom is -0.463 e. The van der Waals surface area contributed by atoms with E-state index in [0.717, 1.165) is 24.2 Å². The lowest BCUT2D eigenvalue weighted by atomic mass is 9.95. The number of aliphatic hydroxyl groups is 1. The molecule has 2 aromatic rings. The zero-order valence-corrected chi connectivity index (χ0v) is 16.2. The summed E-state index contributed by atoms with van der Waals surface area (Å²) in [7, 11) is 0. The molecule has 1 aromatic heterocycles. The van der Waals surface area contributed by atoms with E-state index in [4.69, 9.17) is 4.42 Å². The van der Waals surface area contributed by atoms with Crippen LogP contribution in [0.5, 0.6) is 0 Å². The Kier molecular flexibility index (Phi) is 5.56. The van der Waals surface area contributed by atoms with Gasteiger partial charge in [0.1, 0.15) is 22.9 Å². The molecule has 27 heavy (non-hydrogen) atoms. The highest BCUT2D eigenvalue weighted by Gasteiger charge is 2.45. The van der Waals surface area contributed by atoms with Crippen LogP contribution in [0.15, 0.2) is 45.8 Å². The zero-order chi connectivity index (χ0) is 19.5. The van der Waals surface area contributed by atoms with Crippen molar-refractivity contribution in [2.24, 2.45) is 4.99 Å². The van der Waals surface area contributed by atoms with Crippen molar-refractivity contribution in [2.45, 2.75) is 44.6 Å². The molecule has 1 atom stereocenters. The van der Waals surface area contributed by atoms with Crippen molar-refractivity contribution in [1.82, 2.24) is 10.6 Å². The average Bonchev–Trinajstić information content (AvgIpc) is 3.29. The van der Waals surface area contributed by atoms with Crippen LogP contribution < -0.4 is 10.6 Å². The number of guanidine groups is 1. The molecule has 6 heteroatoms. The minimum absolute atomic E-state index is 0.155. The molecule has 0 spiro atoms. The van der Waals surface area contributed by atoms with Crippen LogP contribution in [0, 0.1) is 12.7 Å². The molecule has 1 aliphatic rings. The Hall–Kier alpha value is -2.34. The van der Waals surface area contributed by atoms with Gasteiger partial charge in [0.2, 0.25) is 0 Å². The van der Waals surface area contributed by atoms with Crippen LogP contribution in [-0.2, 0) is 11.0 Å². The summed E-state index contributed by atoms with van der Waals surface area (Å²) in [6.45, 7) is 6.95. The van der Waals surface area contributed by atoms with E-state index in [-0.39, 0.29) is 17.8 Å². The first-order chi connectivity index (χ1) is 12.9. The molecule has 1 unspecified atom stereocenters. The third-order valence-electron chi connectivity index (χ3n) is 5.05. The molecule has 1 aromatic carbocycles. The first kappa shape index (κ1) is 19.4. The summed E-state index contributed by atoms with van der Waals surface area (Å²) in [5.74, 6) is 1.68. The smallest absolute Gasteiger partial charge is 0.191 e. The standard InChI is InChI=1S/C21H28FN3O2/c1-4-23-19(24-13-20(3,26)18-10-9-15(2)27-18)25-14-21(11-12-21)16-7-5-6-8-17(16)22/h5-10,26H,4,11-14H2,1-3H3,(H2,23,24,25). The summed E-state index contributed by atoms with van der Waals surface area (Å²) in [4.78, 5) is 4.51. The van der Waals surface area contributed by atoms with Gasteiger partial charge in [-0.15, -0.1) is 0 Å². The molecule has 1 fully saturated rings. The summed E-state index contributed by atoms with van der Waals surface area (Å²) in [5.41, 5.74) is -0.617. The SMILES string of the molecule is CCNC(=NCC(C)(O)c1ccc(C)o1)NCC1(c2ccccc2F)CC1. The minimum atomic E-state index is -1.20. The maximum Gasteiger partial charge on any atom is 0.191 e. The molecule has 1 aliphatic carbocycles. The van der Waals surface area contributed by atoms with Gasteiger partial charge >= 0.3 is 0 Å². The number of aliphatic imine (C=N–C) groups is 1. The highest BCUT2D eigenvalue weighted by Crippen LogP contribution is 2.48. The number of hydrogen-bond donors (Lipinski definition) is 3. The third kappa shape index (κ3) is 4.50. The van der Waals surface area contributed by atoms with Gasteiger partial charge in [0.25, 0.3) is 0 Å². The Morgan fingerprint density at radius 2 is 2.00 bits per heavy atom. The highest BCUT2D eigenvalue weighted by molar-refractivity contribution is 5.80. The van der Waals surface area contributed by atoms with Gasteiger partial charge in [0, 0.05) is 18.5 Å². The maximum atomic E-state index is 14.2. The van der Waals surface area contributed by atoms with Crippen molar-refractivity contribution in [3.05, 3.63) is 59.3 Å². The van der Waals surface area contributed by atoms with Crippen LogP contribution in [0.1, 0.15) is 43.8 Å². The van der Waals surface area contributed by atoms with E-state index < -0.39 is 5.60 Å². The van der Waals surface area contributed by atoms with Gasteiger partial charge in [-0.05, 0) is 57.4 Å². The Morgan fingerprint density at radius 1 is 1.26 bits per heavy atom. The van der Waals surface area contributed by atoms with E-state index >= 15 is 0 Å². The highest BCUT2D eigenvalue weighted by atomic mass is 19.1. The van der Waals surface area contributed by atoms with Gasteiger partial charge < -0.3 is 20.2 Å². The van der Waals surface area contributed by atoms with Crippen molar-refractivity contribution >= 4 is 5.96 Å². The number of benzene rings is 1. The van der Waals surface area contributed by atoms with Crippen molar-refractivity contribution < 1.29 is 13.9 Å². The molecule has 0 saturated heterocycles. The fraction of sp³-hybridized carbons (Fsp3) is 0.476. The fourth-order valence-electron chi connectivity index (χ4n) is 3.21. The molecule has 0 aliphatic heterocycles. The second kappa shape index (κ2) is 7.72. The first-order valence-electron chi connectivity index (χ1n) is 9.43. The quantitative estimate of drug-likeness (QED) is 0.515. The molecule has 1 saturated carbocycles. The number of nitrogens with one attached hydrogen (secondary N) is 2. The van der Waals surface area contributed by atoms with Crippen LogP contribution in [0.2, 0.25) is 0 Å². The molecule has 146 valence electrons. The van der Waals surface area contributed by atoms with Gasteiger partial charge in [-0.3, -0.25) is 0 Å². The lowest BCUT2D eigenvalue weighted by Gasteiger charge is -2.22. The molecular formula is C21H28FN3O2. The van der Waals surface area contributed by atoms with E-state index in [0.29, 0.717) is 24.8 Å². The predicted molar refractivity (Wildman–Crippen MR) is 104 cm³/mol. The Balaban J connectivity index is 1.67. The van der Waals surface area contributed by atoms with Crippen LogP contribution in [0.3, 0.4) is 0 Å². The van der Waals surface area contributed by atoms with Crippen LogP contribution >= 0.6 is 0 Å². The van der Waals surface area contributed by atoms with Crippen molar-refractivity contribution in [1.29, 1.82) is 0 Å². The predicted octanol–water partition coefficient (Wildman–Crippen LogP) is 3.22. The van der Waals surface area contributed by atoms with Gasteiger partial charge in [-0.1, -0.05) is 18.2 Å². The van der Waals surface area contributed by atoms with Crippen LogP contribution in [0.4, 0.5) is 4.39 Å². The van der Waals surface area contributed by atoms with Crippen LogP contribution in [-0.4, -0.2) is 30.7 Å². The number of furan rings is 1. The Morgan fingerprint density at radius 3 is 2.59 bits per heavy atom. The normalized spacial score (nSPS) is 18.0. The van der Waals surface area contributed by atoms with E-state index in [1.807, 2.05) is 32.0 Å². The van der Waals surface area contributed by atoms with Crippen LogP contribution in [0.25, 0.3) is 0 Å². The molecule has 3 N–H and O–H groups in total. The maximum absolute atomic E-state index is 14.2. The van der Waals surface area contributed by atoms with Gasteiger partial charge in [0.05, 0.1) is 6.54 Å². The monoisotopic (exact) mass is 373 g/mol. The molecular weight excluding hydrogens is 345 g/mol. The van der Waals surface area contributed by atoms with Gasteiger partial charge in [0.15, 0.2) is 5.96 Å². The van der Waals surface area contributed by atoms with Crippen molar-refractivity contribution in [2.75, 3.05) is 19.6 Å². The largest absolute Gasteiger partial charge is 0.463 e.